The molecule has 0 radical (unpaired) electrons. The summed E-state index contributed by atoms with van der Waals surface area (Å²) < 4.78 is 13.4. The fraction of sp³-hybridized carbons (Fsp3) is 0.360. The van der Waals surface area contributed by atoms with E-state index < -0.39 is 0 Å². The van der Waals surface area contributed by atoms with E-state index in [9.17, 15) is 4.79 Å². The van der Waals surface area contributed by atoms with Gasteiger partial charge in [0.2, 0.25) is 0 Å². The summed E-state index contributed by atoms with van der Waals surface area (Å²) in [6, 6.07) is 11.9. The van der Waals surface area contributed by atoms with Crippen LogP contribution in [0.3, 0.4) is 0 Å². The molecule has 3 aromatic rings. The molecule has 0 saturated heterocycles. The van der Waals surface area contributed by atoms with E-state index in [1.807, 2.05) is 29.1 Å². The van der Waals surface area contributed by atoms with Gasteiger partial charge < -0.3 is 19.4 Å². The van der Waals surface area contributed by atoms with Crippen molar-refractivity contribution in [2.24, 2.45) is 0 Å². The number of aromatic nitrogens is 2. The first kappa shape index (κ1) is 23.3. The molecule has 1 amide bonds. The number of benzene rings is 1. The number of carbonyl (C=O) groups excluding carboxylic acids is 1. The molecule has 0 aliphatic rings. The second-order valence-electron chi connectivity index (χ2n) is 8.12. The lowest BCUT2D eigenvalue weighted by Crippen LogP contribution is -2.39. The van der Waals surface area contributed by atoms with E-state index in [1.54, 1.807) is 43.8 Å². The average molecular weight is 437 g/mol. The zero-order valence-electron chi connectivity index (χ0n) is 19.4. The van der Waals surface area contributed by atoms with Gasteiger partial charge in [0.15, 0.2) is 11.5 Å². The molecular weight excluding hydrogens is 404 g/mol. The Balaban J connectivity index is 1.70. The Hall–Kier alpha value is -3.32. The number of nitrogens with zero attached hydrogens (tertiary/aromatic N) is 3. The molecular formula is C25H32N4O3. The third kappa shape index (κ3) is 5.88. The van der Waals surface area contributed by atoms with Crippen LogP contribution in [0, 0.1) is 0 Å². The van der Waals surface area contributed by atoms with Crippen molar-refractivity contribution >= 4 is 11.6 Å². The molecule has 0 atom stereocenters. The smallest absolute Gasteiger partial charge is 0.257 e. The quantitative estimate of drug-likeness (QED) is 0.502. The van der Waals surface area contributed by atoms with Crippen LogP contribution in [0.5, 0.6) is 11.5 Å². The molecule has 1 aromatic carbocycles. The molecule has 2 heterocycles. The highest BCUT2D eigenvalue weighted by Crippen LogP contribution is 2.30. The molecule has 1 N–H and O–H groups in total. The summed E-state index contributed by atoms with van der Waals surface area (Å²) in [5, 5.41) is 2.92. The lowest BCUT2D eigenvalue weighted by molar-refractivity contribution is 0.102. The van der Waals surface area contributed by atoms with Crippen LogP contribution in [0.4, 0.5) is 5.69 Å². The fourth-order valence-electron chi connectivity index (χ4n) is 3.64. The molecule has 7 heteroatoms. The number of amides is 1. The van der Waals surface area contributed by atoms with Crippen LogP contribution < -0.4 is 14.8 Å². The molecule has 0 saturated carbocycles. The predicted molar refractivity (Wildman–Crippen MR) is 127 cm³/mol. The Morgan fingerprint density at radius 3 is 2.44 bits per heavy atom. The molecule has 0 fully saturated rings. The van der Waals surface area contributed by atoms with Crippen LogP contribution in [0.25, 0.3) is 5.69 Å². The normalized spacial score (nSPS) is 11.2. The topological polar surface area (TPSA) is 68.6 Å². The molecule has 0 unspecified atom stereocenters. The average Bonchev–Trinajstić information content (AvgIpc) is 3.31. The molecule has 0 aliphatic carbocycles. The number of nitrogens with one attached hydrogen (secondary N) is 1. The molecule has 0 aliphatic heterocycles. The molecule has 2 aromatic heterocycles. The molecule has 32 heavy (non-hydrogen) atoms. The van der Waals surface area contributed by atoms with Crippen LogP contribution in [-0.2, 0) is 0 Å². The van der Waals surface area contributed by atoms with Gasteiger partial charge in [0.05, 0.1) is 24.6 Å². The third-order valence-corrected chi connectivity index (χ3v) is 5.24. The SMILES string of the molecule is COc1ccc(NC(=O)c2cncc(-n3cccc3)c2)cc1OCCN(C(C)C)C(C)C. The van der Waals surface area contributed by atoms with Crippen molar-refractivity contribution in [2.45, 2.75) is 39.8 Å². The van der Waals surface area contributed by atoms with Crippen molar-refractivity contribution in [2.75, 3.05) is 25.6 Å². The Kier molecular flexibility index (Phi) is 7.89. The van der Waals surface area contributed by atoms with E-state index in [0.717, 1.165) is 12.2 Å². The van der Waals surface area contributed by atoms with Crippen LogP contribution in [-0.4, -0.2) is 52.7 Å². The first-order valence-electron chi connectivity index (χ1n) is 10.9. The van der Waals surface area contributed by atoms with Crippen molar-refractivity contribution in [1.29, 1.82) is 0 Å². The van der Waals surface area contributed by atoms with Gasteiger partial charge in [0, 0.05) is 49.0 Å². The third-order valence-electron chi connectivity index (χ3n) is 5.24. The lowest BCUT2D eigenvalue weighted by Gasteiger charge is -2.30. The number of hydrogen-bond donors (Lipinski definition) is 1. The highest BCUT2D eigenvalue weighted by molar-refractivity contribution is 6.04. The minimum absolute atomic E-state index is 0.242. The van der Waals surface area contributed by atoms with E-state index in [-0.39, 0.29) is 5.91 Å². The Bertz CT molecular complexity index is 1010. The van der Waals surface area contributed by atoms with Crippen molar-refractivity contribution in [3.05, 3.63) is 66.7 Å². The van der Waals surface area contributed by atoms with Crippen molar-refractivity contribution < 1.29 is 14.3 Å². The number of carbonyl (C=O) groups is 1. The fourth-order valence-corrected chi connectivity index (χ4v) is 3.64. The van der Waals surface area contributed by atoms with E-state index >= 15 is 0 Å². The monoisotopic (exact) mass is 436 g/mol. The van der Waals surface area contributed by atoms with Gasteiger partial charge in [-0.05, 0) is 58.0 Å². The van der Waals surface area contributed by atoms with E-state index in [0.29, 0.717) is 41.4 Å². The molecule has 3 rings (SSSR count). The zero-order valence-corrected chi connectivity index (χ0v) is 19.4. The number of anilines is 1. The van der Waals surface area contributed by atoms with Crippen molar-refractivity contribution in [1.82, 2.24) is 14.5 Å². The Morgan fingerprint density at radius 1 is 1.06 bits per heavy atom. The zero-order chi connectivity index (χ0) is 23.1. The minimum Gasteiger partial charge on any atom is -0.493 e. The minimum atomic E-state index is -0.242. The number of pyridine rings is 1. The maximum absolute atomic E-state index is 12.8. The number of ether oxygens (including phenoxy) is 2. The highest BCUT2D eigenvalue weighted by Gasteiger charge is 2.15. The van der Waals surface area contributed by atoms with Crippen LogP contribution in [0.2, 0.25) is 0 Å². The molecule has 0 spiro atoms. The Morgan fingerprint density at radius 2 is 1.78 bits per heavy atom. The lowest BCUT2D eigenvalue weighted by atomic mass is 10.2. The maximum Gasteiger partial charge on any atom is 0.257 e. The van der Waals surface area contributed by atoms with E-state index in [2.05, 4.69) is 42.9 Å². The van der Waals surface area contributed by atoms with Crippen LogP contribution in [0.15, 0.2) is 61.2 Å². The van der Waals surface area contributed by atoms with Gasteiger partial charge in [-0.1, -0.05) is 0 Å². The second kappa shape index (κ2) is 10.8. The summed E-state index contributed by atoms with van der Waals surface area (Å²) in [6.07, 6.45) is 7.08. The van der Waals surface area contributed by atoms with Gasteiger partial charge in [0.25, 0.3) is 5.91 Å². The van der Waals surface area contributed by atoms with Gasteiger partial charge in [-0.2, -0.15) is 0 Å². The van der Waals surface area contributed by atoms with Gasteiger partial charge in [-0.25, -0.2) is 0 Å². The van der Waals surface area contributed by atoms with Crippen LogP contribution >= 0.6 is 0 Å². The van der Waals surface area contributed by atoms with Crippen LogP contribution in [0.1, 0.15) is 38.1 Å². The first-order valence-corrected chi connectivity index (χ1v) is 10.9. The summed E-state index contributed by atoms with van der Waals surface area (Å²) in [4.78, 5) is 19.4. The van der Waals surface area contributed by atoms with Crippen molar-refractivity contribution in [3.63, 3.8) is 0 Å². The number of rotatable bonds is 10. The molecule has 170 valence electrons. The first-order chi connectivity index (χ1) is 15.4. The van der Waals surface area contributed by atoms with Gasteiger partial charge >= 0.3 is 0 Å². The van der Waals surface area contributed by atoms with E-state index in [1.165, 1.54) is 0 Å². The van der Waals surface area contributed by atoms with Crippen molar-refractivity contribution in [3.8, 4) is 17.2 Å². The maximum atomic E-state index is 12.8. The summed E-state index contributed by atoms with van der Waals surface area (Å²) >= 11 is 0. The predicted octanol–water partition coefficient (Wildman–Crippen LogP) is 4.63. The summed E-state index contributed by atoms with van der Waals surface area (Å²) in [7, 11) is 1.60. The summed E-state index contributed by atoms with van der Waals surface area (Å²) in [5.41, 5.74) is 1.92. The highest BCUT2D eigenvalue weighted by atomic mass is 16.5. The molecule has 7 nitrogen and oxygen atoms in total. The largest absolute Gasteiger partial charge is 0.493 e. The number of methoxy groups -OCH3 is 1. The summed E-state index contributed by atoms with van der Waals surface area (Å²) in [5.74, 6) is 0.977. The number of hydrogen-bond acceptors (Lipinski definition) is 5. The Labute approximate surface area is 190 Å². The van der Waals surface area contributed by atoms with Gasteiger partial charge in [0.1, 0.15) is 6.61 Å². The van der Waals surface area contributed by atoms with Gasteiger partial charge in [-0.15, -0.1) is 0 Å². The van der Waals surface area contributed by atoms with Gasteiger partial charge in [-0.3, -0.25) is 14.7 Å². The molecule has 0 bridgehead atoms. The second-order valence-corrected chi connectivity index (χ2v) is 8.12. The standard InChI is InChI=1S/C25H32N4O3/c1-18(2)29(19(3)4)12-13-32-24-15-21(8-9-23(24)31-5)27-25(30)20-14-22(17-26-16-20)28-10-6-7-11-28/h6-11,14-19H,12-13H2,1-5H3,(H,27,30). The van der Waals surface area contributed by atoms with E-state index in [4.69, 9.17) is 9.47 Å². The summed E-state index contributed by atoms with van der Waals surface area (Å²) in [6.45, 7) is 10.0.